The van der Waals surface area contributed by atoms with E-state index >= 15 is 0 Å². The van der Waals surface area contributed by atoms with E-state index in [1.165, 1.54) is 0 Å². The number of piperidine rings is 1. The topological polar surface area (TPSA) is 77.1 Å². The molecule has 1 aromatic carbocycles. The first-order valence-corrected chi connectivity index (χ1v) is 9.46. The second-order valence-electron chi connectivity index (χ2n) is 8.04. The zero-order chi connectivity index (χ0) is 19.4. The van der Waals surface area contributed by atoms with Crippen molar-refractivity contribution in [3.05, 3.63) is 24.3 Å². The third-order valence-corrected chi connectivity index (χ3v) is 4.54. The molecule has 0 spiro atoms. The molecule has 0 saturated carbocycles. The lowest BCUT2D eigenvalue weighted by atomic mass is 9.98. The van der Waals surface area contributed by atoms with Gasteiger partial charge in [0.15, 0.2) is 11.5 Å². The van der Waals surface area contributed by atoms with E-state index in [4.69, 9.17) is 14.2 Å². The van der Waals surface area contributed by atoms with Crippen molar-refractivity contribution in [1.82, 2.24) is 10.2 Å². The number of carbonyl (C=O) groups is 2. The van der Waals surface area contributed by atoms with E-state index in [1.54, 1.807) is 11.0 Å². The Bertz CT molecular complexity index is 685. The summed E-state index contributed by atoms with van der Waals surface area (Å²) in [4.78, 5) is 26.4. The van der Waals surface area contributed by atoms with Gasteiger partial charge in [-0.05, 0) is 51.7 Å². The van der Waals surface area contributed by atoms with Crippen LogP contribution >= 0.6 is 0 Å². The van der Waals surface area contributed by atoms with E-state index < -0.39 is 11.7 Å². The van der Waals surface area contributed by atoms with Crippen LogP contribution in [-0.2, 0) is 9.53 Å². The van der Waals surface area contributed by atoms with Crippen molar-refractivity contribution in [1.29, 1.82) is 0 Å². The number of amides is 2. The zero-order valence-electron chi connectivity index (χ0n) is 16.2. The summed E-state index contributed by atoms with van der Waals surface area (Å²) in [5, 5.41) is 2.94. The van der Waals surface area contributed by atoms with Gasteiger partial charge in [-0.1, -0.05) is 12.1 Å². The van der Waals surface area contributed by atoms with Gasteiger partial charge in [0.2, 0.25) is 6.10 Å². The van der Waals surface area contributed by atoms with Gasteiger partial charge in [0, 0.05) is 19.6 Å². The van der Waals surface area contributed by atoms with E-state index in [9.17, 15) is 9.59 Å². The molecule has 148 valence electrons. The minimum Gasteiger partial charge on any atom is -0.485 e. The summed E-state index contributed by atoms with van der Waals surface area (Å²) in [5.41, 5.74) is -0.507. The summed E-state index contributed by atoms with van der Waals surface area (Å²) in [5.74, 6) is 1.24. The lowest BCUT2D eigenvalue weighted by molar-refractivity contribution is -0.130. The predicted molar refractivity (Wildman–Crippen MR) is 99.9 cm³/mol. The molecule has 2 heterocycles. The third kappa shape index (κ3) is 5.28. The van der Waals surface area contributed by atoms with Gasteiger partial charge in [-0.15, -0.1) is 0 Å². The van der Waals surface area contributed by atoms with E-state index in [-0.39, 0.29) is 24.5 Å². The van der Waals surface area contributed by atoms with Crippen LogP contribution in [0.2, 0.25) is 0 Å². The molecule has 0 bridgehead atoms. The number of para-hydroxylation sites is 2. The second-order valence-corrected chi connectivity index (χ2v) is 8.04. The minimum atomic E-state index is -0.662. The molecule has 27 heavy (non-hydrogen) atoms. The fourth-order valence-corrected chi connectivity index (χ4v) is 3.23. The largest absolute Gasteiger partial charge is 0.485 e. The number of hydrogen-bond acceptors (Lipinski definition) is 5. The SMILES string of the molecule is CC(C)(C)OC(=O)N1CCC[C@H](CNC(=O)[C@@H]2COc3ccccc3O2)C1. The first-order valence-electron chi connectivity index (χ1n) is 9.46. The zero-order valence-corrected chi connectivity index (χ0v) is 16.2. The smallest absolute Gasteiger partial charge is 0.410 e. The molecule has 1 aromatic rings. The van der Waals surface area contributed by atoms with Crippen molar-refractivity contribution < 1.29 is 23.8 Å². The van der Waals surface area contributed by atoms with Gasteiger partial charge in [-0.25, -0.2) is 4.79 Å². The van der Waals surface area contributed by atoms with Crippen LogP contribution in [-0.4, -0.2) is 54.8 Å². The monoisotopic (exact) mass is 376 g/mol. The number of nitrogens with zero attached hydrogens (tertiary/aromatic N) is 1. The summed E-state index contributed by atoms with van der Waals surface area (Å²) < 4.78 is 16.8. The standard InChI is InChI=1S/C20H28N2O5/c1-20(2,3)27-19(24)22-10-6-7-14(12-22)11-21-18(23)17-13-25-15-8-4-5-9-16(15)26-17/h4-5,8-9,14,17H,6-7,10-13H2,1-3H3,(H,21,23)/t14-,17+/m1/s1. The highest BCUT2D eigenvalue weighted by Crippen LogP contribution is 2.30. The van der Waals surface area contributed by atoms with Gasteiger partial charge in [0.25, 0.3) is 5.91 Å². The molecule has 2 amide bonds. The van der Waals surface area contributed by atoms with E-state index in [2.05, 4.69) is 5.32 Å². The van der Waals surface area contributed by atoms with Gasteiger partial charge >= 0.3 is 6.09 Å². The molecule has 7 nitrogen and oxygen atoms in total. The lowest BCUT2D eigenvalue weighted by Crippen LogP contribution is -2.48. The van der Waals surface area contributed by atoms with Gasteiger partial charge in [-0.2, -0.15) is 0 Å². The Balaban J connectivity index is 1.47. The van der Waals surface area contributed by atoms with Gasteiger partial charge in [-0.3, -0.25) is 4.79 Å². The lowest BCUT2D eigenvalue weighted by Gasteiger charge is -2.34. The van der Waals surface area contributed by atoms with Crippen LogP contribution in [0.25, 0.3) is 0 Å². The maximum Gasteiger partial charge on any atom is 0.410 e. The summed E-state index contributed by atoms with van der Waals surface area (Å²) in [6.45, 7) is 7.54. The number of carbonyl (C=O) groups excluding carboxylic acids is 2. The van der Waals surface area contributed by atoms with Crippen molar-refractivity contribution in [3.63, 3.8) is 0 Å². The Morgan fingerprint density at radius 2 is 2.00 bits per heavy atom. The Hall–Kier alpha value is -2.44. The van der Waals surface area contributed by atoms with E-state index in [0.717, 1.165) is 12.8 Å². The molecule has 2 aliphatic rings. The van der Waals surface area contributed by atoms with E-state index in [0.29, 0.717) is 31.1 Å². The molecule has 0 aliphatic carbocycles. The maximum atomic E-state index is 12.4. The number of ether oxygens (including phenoxy) is 3. The van der Waals surface area contributed by atoms with Crippen molar-refractivity contribution in [2.75, 3.05) is 26.2 Å². The van der Waals surface area contributed by atoms with Crippen molar-refractivity contribution in [2.45, 2.75) is 45.3 Å². The molecule has 1 fully saturated rings. The molecule has 0 unspecified atom stereocenters. The van der Waals surface area contributed by atoms with Crippen LogP contribution in [0.15, 0.2) is 24.3 Å². The Labute approximate surface area is 160 Å². The highest BCUT2D eigenvalue weighted by atomic mass is 16.6. The molecule has 0 radical (unpaired) electrons. The van der Waals surface area contributed by atoms with Crippen LogP contribution < -0.4 is 14.8 Å². The number of likely N-dealkylation sites (tertiary alicyclic amines) is 1. The summed E-state index contributed by atoms with van der Waals surface area (Å²) >= 11 is 0. The highest BCUT2D eigenvalue weighted by Gasteiger charge is 2.30. The molecule has 1 saturated heterocycles. The number of nitrogens with one attached hydrogen (secondary N) is 1. The van der Waals surface area contributed by atoms with E-state index in [1.807, 2.05) is 39.0 Å². The maximum absolute atomic E-state index is 12.4. The molecule has 3 rings (SSSR count). The number of benzene rings is 1. The van der Waals surface area contributed by atoms with Crippen LogP contribution in [0.4, 0.5) is 4.79 Å². The fraction of sp³-hybridized carbons (Fsp3) is 0.600. The quantitative estimate of drug-likeness (QED) is 0.877. The van der Waals surface area contributed by atoms with Gasteiger partial charge in [0.05, 0.1) is 0 Å². The third-order valence-electron chi connectivity index (χ3n) is 4.54. The van der Waals surface area contributed by atoms with Crippen molar-refractivity contribution >= 4 is 12.0 Å². The predicted octanol–water partition coefficient (Wildman–Crippen LogP) is 2.59. The molecule has 2 aliphatic heterocycles. The Kier molecular flexibility index (Phi) is 5.77. The summed E-state index contributed by atoms with van der Waals surface area (Å²) in [6.07, 6.45) is 0.908. The van der Waals surface area contributed by atoms with Crippen LogP contribution in [0.5, 0.6) is 11.5 Å². The van der Waals surface area contributed by atoms with Crippen LogP contribution in [0, 0.1) is 5.92 Å². The number of fused-ring (bicyclic) bond motifs is 1. The molecule has 2 atom stereocenters. The molecular weight excluding hydrogens is 348 g/mol. The second kappa shape index (κ2) is 8.06. The number of hydrogen-bond donors (Lipinski definition) is 1. The molecule has 7 heteroatoms. The first kappa shape index (κ1) is 19.3. The van der Waals surface area contributed by atoms with Crippen LogP contribution in [0.1, 0.15) is 33.6 Å². The van der Waals surface area contributed by atoms with Crippen molar-refractivity contribution in [2.24, 2.45) is 5.92 Å². The Morgan fingerprint density at radius 1 is 1.26 bits per heavy atom. The average molecular weight is 376 g/mol. The number of rotatable bonds is 3. The van der Waals surface area contributed by atoms with Crippen molar-refractivity contribution in [3.8, 4) is 11.5 Å². The first-order chi connectivity index (χ1) is 12.8. The molecule has 0 aromatic heterocycles. The average Bonchev–Trinajstić information content (AvgIpc) is 2.64. The summed E-state index contributed by atoms with van der Waals surface area (Å²) in [7, 11) is 0. The highest BCUT2D eigenvalue weighted by molar-refractivity contribution is 5.81. The Morgan fingerprint density at radius 3 is 2.74 bits per heavy atom. The minimum absolute atomic E-state index is 0.192. The fourth-order valence-electron chi connectivity index (χ4n) is 3.23. The van der Waals surface area contributed by atoms with Crippen LogP contribution in [0.3, 0.4) is 0 Å². The summed E-state index contributed by atoms with van der Waals surface area (Å²) in [6, 6.07) is 7.31. The normalized spacial score (nSPS) is 22.1. The van der Waals surface area contributed by atoms with Gasteiger partial charge in [0.1, 0.15) is 12.2 Å². The molecule has 1 N–H and O–H groups in total. The van der Waals surface area contributed by atoms with Gasteiger partial charge < -0.3 is 24.4 Å². The molecular formula is C20H28N2O5.